The molecule has 0 aliphatic carbocycles. The molecule has 1 amide bonds. The summed E-state index contributed by atoms with van der Waals surface area (Å²) in [7, 11) is 0. The molecule has 0 spiro atoms. The Morgan fingerprint density at radius 1 is 1.21 bits per heavy atom. The number of carbonyl (C=O) groups excluding carboxylic acids is 1. The minimum absolute atomic E-state index is 0.141. The number of halogens is 1. The average Bonchev–Trinajstić information content (AvgIpc) is 2.62. The summed E-state index contributed by atoms with van der Waals surface area (Å²) in [5.41, 5.74) is 2.51. The van der Waals surface area contributed by atoms with Crippen molar-refractivity contribution in [1.29, 1.82) is 0 Å². The van der Waals surface area contributed by atoms with Gasteiger partial charge in [-0.3, -0.25) is 4.79 Å². The van der Waals surface area contributed by atoms with E-state index in [0.29, 0.717) is 16.6 Å². The monoisotopic (exact) mass is 344 g/mol. The number of rotatable bonds is 5. The zero-order chi connectivity index (χ0) is 16.8. The number of benzene rings is 2. The third kappa shape index (κ3) is 4.81. The molecule has 1 unspecified atom stereocenters. The van der Waals surface area contributed by atoms with Crippen molar-refractivity contribution >= 4 is 23.2 Å². The average molecular weight is 345 g/mol. The zero-order valence-electron chi connectivity index (χ0n) is 13.4. The van der Waals surface area contributed by atoms with Gasteiger partial charge in [-0.15, -0.1) is 0 Å². The molecule has 1 aliphatic heterocycles. The largest absolute Gasteiger partial charge is 0.380 e. The second kappa shape index (κ2) is 8.29. The highest BCUT2D eigenvalue weighted by atomic mass is 35.5. The van der Waals surface area contributed by atoms with Gasteiger partial charge in [0.1, 0.15) is 0 Å². The molecule has 0 bridgehead atoms. The van der Waals surface area contributed by atoms with E-state index in [1.807, 2.05) is 18.2 Å². The van der Waals surface area contributed by atoms with E-state index < -0.39 is 0 Å². The van der Waals surface area contributed by atoms with Crippen LogP contribution in [0.1, 0.15) is 28.8 Å². The van der Waals surface area contributed by atoms with Gasteiger partial charge in [0.15, 0.2) is 0 Å². The molecular formula is C19H21ClN2O2. The first kappa shape index (κ1) is 17.0. The summed E-state index contributed by atoms with van der Waals surface area (Å²) in [5.74, 6) is -0.141. The summed E-state index contributed by atoms with van der Waals surface area (Å²) in [6, 6.07) is 15.1. The van der Waals surface area contributed by atoms with Crippen LogP contribution in [-0.2, 0) is 11.3 Å². The van der Waals surface area contributed by atoms with Crippen LogP contribution >= 0.6 is 11.6 Å². The Balaban J connectivity index is 1.58. The first-order valence-corrected chi connectivity index (χ1v) is 8.55. The van der Waals surface area contributed by atoms with E-state index in [9.17, 15) is 4.79 Å². The molecule has 1 fully saturated rings. The molecule has 2 aromatic rings. The second-order valence-electron chi connectivity index (χ2n) is 5.96. The summed E-state index contributed by atoms with van der Waals surface area (Å²) >= 11 is 5.85. The zero-order valence-corrected chi connectivity index (χ0v) is 14.2. The fourth-order valence-electron chi connectivity index (χ4n) is 2.73. The number of nitrogens with one attached hydrogen (secondary N) is 2. The molecule has 1 heterocycles. The van der Waals surface area contributed by atoms with Crippen molar-refractivity contribution in [2.24, 2.45) is 0 Å². The van der Waals surface area contributed by atoms with Gasteiger partial charge in [-0.25, -0.2) is 0 Å². The number of amides is 1. The first-order chi connectivity index (χ1) is 11.7. The lowest BCUT2D eigenvalue weighted by Crippen LogP contribution is -2.36. The van der Waals surface area contributed by atoms with Crippen LogP contribution in [0.2, 0.25) is 5.02 Å². The van der Waals surface area contributed by atoms with E-state index in [0.717, 1.165) is 43.9 Å². The van der Waals surface area contributed by atoms with Crippen LogP contribution in [0, 0.1) is 0 Å². The Morgan fingerprint density at radius 2 is 2.04 bits per heavy atom. The van der Waals surface area contributed by atoms with E-state index in [1.165, 1.54) is 0 Å². The number of carbonyl (C=O) groups is 1. The van der Waals surface area contributed by atoms with Crippen molar-refractivity contribution < 1.29 is 9.53 Å². The topological polar surface area (TPSA) is 50.4 Å². The van der Waals surface area contributed by atoms with Gasteiger partial charge in [0.25, 0.3) is 5.91 Å². The standard InChI is InChI=1S/C19H21ClN2O2/c20-16-8-6-15(7-9-16)19(23)22-17-4-1-3-14(11-17)12-21-18-5-2-10-24-13-18/h1,3-4,6-9,11,18,21H,2,5,10,12-13H2,(H,22,23). The number of ether oxygens (including phenoxy) is 1. The molecule has 126 valence electrons. The molecule has 0 saturated carbocycles. The molecule has 2 aromatic carbocycles. The Kier molecular flexibility index (Phi) is 5.86. The molecule has 1 saturated heterocycles. The van der Waals surface area contributed by atoms with Crippen molar-refractivity contribution in [2.75, 3.05) is 18.5 Å². The summed E-state index contributed by atoms with van der Waals surface area (Å²) in [5, 5.41) is 7.04. The molecule has 4 nitrogen and oxygen atoms in total. The van der Waals surface area contributed by atoms with Crippen LogP contribution < -0.4 is 10.6 Å². The molecule has 2 N–H and O–H groups in total. The van der Waals surface area contributed by atoms with Gasteiger partial charge in [-0.05, 0) is 54.8 Å². The Bertz CT molecular complexity index is 682. The number of hydrogen-bond donors (Lipinski definition) is 2. The van der Waals surface area contributed by atoms with Crippen LogP contribution in [0.15, 0.2) is 48.5 Å². The Labute approximate surface area is 147 Å². The minimum Gasteiger partial charge on any atom is -0.380 e. The van der Waals surface area contributed by atoms with Crippen molar-refractivity contribution in [3.63, 3.8) is 0 Å². The van der Waals surface area contributed by atoms with Gasteiger partial charge in [0.05, 0.1) is 6.61 Å². The normalized spacial score (nSPS) is 17.5. The van der Waals surface area contributed by atoms with Gasteiger partial charge in [0.2, 0.25) is 0 Å². The summed E-state index contributed by atoms with van der Waals surface area (Å²) in [4.78, 5) is 12.3. The van der Waals surface area contributed by atoms with Gasteiger partial charge in [0, 0.05) is 35.5 Å². The fraction of sp³-hybridized carbons (Fsp3) is 0.316. The quantitative estimate of drug-likeness (QED) is 0.866. The lowest BCUT2D eigenvalue weighted by molar-refractivity contribution is 0.0699. The van der Waals surface area contributed by atoms with Gasteiger partial charge < -0.3 is 15.4 Å². The molecule has 1 atom stereocenters. The first-order valence-electron chi connectivity index (χ1n) is 8.18. The van der Waals surface area contributed by atoms with E-state index >= 15 is 0 Å². The molecule has 1 aliphatic rings. The smallest absolute Gasteiger partial charge is 0.255 e. The lowest BCUT2D eigenvalue weighted by atomic mass is 10.1. The number of hydrogen-bond acceptors (Lipinski definition) is 3. The predicted octanol–water partition coefficient (Wildman–Crippen LogP) is 3.86. The summed E-state index contributed by atoms with van der Waals surface area (Å²) in [6.45, 7) is 2.40. The van der Waals surface area contributed by atoms with Gasteiger partial charge >= 0.3 is 0 Å². The molecule has 0 radical (unpaired) electrons. The third-order valence-corrected chi connectivity index (χ3v) is 4.30. The highest BCUT2D eigenvalue weighted by Gasteiger charge is 2.13. The van der Waals surface area contributed by atoms with Crippen molar-refractivity contribution in [1.82, 2.24) is 5.32 Å². The Hall–Kier alpha value is -1.88. The second-order valence-corrected chi connectivity index (χ2v) is 6.39. The summed E-state index contributed by atoms with van der Waals surface area (Å²) in [6.07, 6.45) is 2.25. The fourth-order valence-corrected chi connectivity index (χ4v) is 2.85. The molecule has 24 heavy (non-hydrogen) atoms. The van der Waals surface area contributed by atoms with Crippen molar-refractivity contribution in [2.45, 2.75) is 25.4 Å². The van der Waals surface area contributed by atoms with Crippen molar-refractivity contribution in [3.05, 3.63) is 64.7 Å². The maximum Gasteiger partial charge on any atom is 0.255 e. The maximum atomic E-state index is 12.3. The molecule has 3 rings (SSSR count). The lowest BCUT2D eigenvalue weighted by Gasteiger charge is -2.23. The van der Waals surface area contributed by atoms with Crippen molar-refractivity contribution in [3.8, 4) is 0 Å². The van der Waals surface area contributed by atoms with Crippen LogP contribution in [0.5, 0.6) is 0 Å². The van der Waals surface area contributed by atoms with Crippen LogP contribution in [0.3, 0.4) is 0 Å². The predicted molar refractivity (Wildman–Crippen MR) is 96.5 cm³/mol. The van der Waals surface area contributed by atoms with Crippen LogP contribution in [0.25, 0.3) is 0 Å². The summed E-state index contributed by atoms with van der Waals surface area (Å²) < 4.78 is 5.48. The molecular weight excluding hydrogens is 324 g/mol. The highest BCUT2D eigenvalue weighted by molar-refractivity contribution is 6.30. The van der Waals surface area contributed by atoms with E-state index in [1.54, 1.807) is 24.3 Å². The van der Waals surface area contributed by atoms with E-state index in [2.05, 4.69) is 16.7 Å². The van der Waals surface area contributed by atoms with E-state index in [-0.39, 0.29) is 5.91 Å². The minimum atomic E-state index is -0.141. The number of anilines is 1. The maximum absolute atomic E-state index is 12.3. The van der Waals surface area contributed by atoms with Gasteiger partial charge in [-0.2, -0.15) is 0 Å². The Morgan fingerprint density at radius 3 is 2.79 bits per heavy atom. The van der Waals surface area contributed by atoms with Crippen LogP contribution in [0.4, 0.5) is 5.69 Å². The van der Waals surface area contributed by atoms with E-state index in [4.69, 9.17) is 16.3 Å². The van der Waals surface area contributed by atoms with Gasteiger partial charge in [-0.1, -0.05) is 23.7 Å². The third-order valence-electron chi connectivity index (χ3n) is 4.05. The highest BCUT2D eigenvalue weighted by Crippen LogP contribution is 2.15. The SMILES string of the molecule is O=C(Nc1cccc(CNC2CCCOC2)c1)c1ccc(Cl)cc1. The molecule has 5 heteroatoms. The van der Waals surface area contributed by atoms with Crippen LogP contribution in [-0.4, -0.2) is 25.2 Å². The molecule has 0 aromatic heterocycles.